The molecule has 2 nitrogen and oxygen atoms in total. The molecule has 5 heteroatoms. The van der Waals surface area contributed by atoms with Gasteiger partial charge in [0, 0.05) is 18.4 Å². The molecule has 0 spiro atoms. The van der Waals surface area contributed by atoms with Gasteiger partial charge in [-0.1, -0.05) is 6.92 Å². The van der Waals surface area contributed by atoms with E-state index >= 15 is 0 Å². The third kappa shape index (κ3) is 3.10. The van der Waals surface area contributed by atoms with Gasteiger partial charge in [0.15, 0.2) is 0 Å². The second-order valence-electron chi connectivity index (χ2n) is 4.52. The fraction of sp³-hybridized carbons (Fsp3) is 0.333. The summed E-state index contributed by atoms with van der Waals surface area (Å²) in [6.07, 6.45) is 0.973. The zero-order valence-corrected chi connectivity index (χ0v) is 12.9. The largest absolute Gasteiger partial charge is 0.464 e. The van der Waals surface area contributed by atoms with Gasteiger partial charge in [-0.25, -0.2) is 8.78 Å². The highest BCUT2D eigenvalue weighted by atomic mass is 79.9. The van der Waals surface area contributed by atoms with Gasteiger partial charge in [0.2, 0.25) is 0 Å². The number of furan rings is 1. The van der Waals surface area contributed by atoms with Crippen LogP contribution >= 0.6 is 15.9 Å². The molecule has 0 radical (unpaired) electrons. The van der Waals surface area contributed by atoms with E-state index < -0.39 is 11.6 Å². The summed E-state index contributed by atoms with van der Waals surface area (Å²) < 4.78 is 33.7. The summed E-state index contributed by atoms with van der Waals surface area (Å²) in [6, 6.07) is 6.08. The van der Waals surface area contributed by atoms with Gasteiger partial charge in [-0.15, -0.1) is 0 Å². The van der Waals surface area contributed by atoms with Crippen LogP contribution in [0.4, 0.5) is 8.78 Å². The first-order valence-electron chi connectivity index (χ1n) is 6.45. The zero-order valence-electron chi connectivity index (χ0n) is 11.3. The lowest BCUT2D eigenvalue weighted by Crippen LogP contribution is -2.19. The fourth-order valence-electron chi connectivity index (χ4n) is 2.08. The number of hydrogen-bond acceptors (Lipinski definition) is 2. The van der Waals surface area contributed by atoms with Crippen molar-refractivity contribution in [2.24, 2.45) is 0 Å². The van der Waals surface area contributed by atoms with Crippen LogP contribution in [-0.2, 0) is 12.8 Å². The van der Waals surface area contributed by atoms with Crippen LogP contribution in [0, 0.1) is 11.6 Å². The van der Waals surface area contributed by atoms with E-state index in [-0.39, 0.29) is 22.5 Å². The molecule has 0 saturated heterocycles. The van der Waals surface area contributed by atoms with Crippen LogP contribution in [0.2, 0.25) is 0 Å². The Morgan fingerprint density at radius 1 is 1.25 bits per heavy atom. The predicted octanol–water partition coefficient (Wildman–Crippen LogP) is 4.39. The van der Waals surface area contributed by atoms with Crippen molar-refractivity contribution in [3.8, 4) is 0 Å². The first-order valence-corrected chi connectivity index (χ1v) is 7.24. The Hall–Kier alpha value is -1.20. The van der Waals surface area contributed by atoms with Crippen LogP contribution in [0.5, 0.6) is 0 Å². The van der Waals surface area contributed by atoms with E-state index in [1.165, 1.54) is 12.1 Å². The molecule has 0 fully saturated rings. The predicted molar refractivity (Wildman–Crippen MR) is 77.6 cm³/mol. The lowest BCUT2D eigenvalue weighted by molar-refractivity contribution is 0.399. The summed E-state index contributed by atoms with van der Waals surface area (Å²) in [4.78, 5) is 0. The number of rotatable bonds is 5. The van der Waals surface area contributed by atoms with Gasteiger partial charge in [0.05, 0.1) is 10.5 Å². The third-order valence-electron chi connectivity index (χ3n) is 3.27. The van der Waals surface area contributed by atoms with Crippen LogP contribution in [0.3, 0.4) is 0 Å². The minimum Gasteiger partial charge on any atom is -0.464 e. The number of halogens is 3. The minimum absolute atomic E-state index is 0.0492. The monoisotopic (exact) mass is 343 g/mol. The summed E-state index contributed by atoms with van der Waals surface area (Å²) >= 11 is 3.08. The van der Waals surface area contributed by atoms with Gasteiger partial charge >= 0.3 is 0 Å². The first-order chi connectivity index (χ1) is 9.56. The van der Waals surface area contributed by atoms with Crippen molar-refractivity contribution in [3.05, 3.63) is 57.5 Å². The van der Waals surface area contributed by atoms with Gasteiger partial charge in [-0.3, -0.25) is 0 Å². The Balaban J connectivity index is 2.29. The van der Waals surface area contributed by atoms with Crippen molar-refractivity contribution in [1.82, 2.24) is 5.32 Å². The van der Waals surface area contributed by atoms with E-state index in [9.17, 15) is 8.78 Å². The minimum atomic E-state index is -0.562. The lowest BCUT2D eigenvalue weighted by Gasteiger charge is -2.15. The molecule has 0 saturated carbocycles. The molecule has 0 amide bonds. The molecule has 0 aliphatic heterocycles. The van der Waals surface area contributed by atoms with Crippen molar-refractivity contribution < 1.29 is 13.2 Å². The molecule has 0 aliphatic carbocycles. The van der Waals surface area contributed by atoms with Crippen LogP contribution in [0.1, 0.15) is 30.0 Å². The molecule has 0 aliphatic rings. The Bertz CT molecular complexity index is 598. The number of benzene rings is 1. The smallest absolute Gasteiger partial charge is 0.143 e. The molecular formula is C15H16BrF2NO. The van der Waals surface area contributed by atoms with E-state index in [1.54, 1.807) is 7.05 Å². The fourth-order valence-corrected chi connectivity index (χ4v) is 2.45. The first kappa shape index (κ1) is 15.2. The summed E-state index contributed by atoms with van der Waals surface area (Å²) in [6.45, 7) is 1.99. The second-order valence-corrected chi connectivity index (χ2v) is 5.38. The molecule has 1 aromatic carbocycles. The molecule has 2 rings (SSSR count). The highest BCUT2D eigenvalue weighted by Gasteiger charge is 2.20. The van der Waals surface area contributed by atoms with Crippen LogP contribution < -0.4 is 5.32 Å². The standard InChI is InChI=1S/C15H16BrF2NO/c1-3-9-4-7-14(20-9)13(19-2)8-10-12(17)6-5-11(16)15(10)18/h4-7,13,19H,3,8H2,1-2H3. The van der Waals surface area contributed by atoms with Gasteiger partial charge in [0.25, 0.3) is 0 Å². The highest BCUT2D eigenvalue weighted by molar-refractivity contribution is 9.10. The quantitative estimate of drug-likeness (QED) is 0.814. The molecule has 108 valence electrons. The van der Waals surface area contributed by atoms with Crippen molar-refractivity contribution in [1.29, 1.82) is 0 Å². The second kappa shape index (κ2) is 6.50. The molecule has 20 heavy (non-hydrogen) atoms. The Morgan fingerprint density at radius 3 is 2.60 bits per heavy atom. The number of likely N-dealkylation sites (N-methyl/N-ethyl adjacent to an activating group) is 1. The summed E-state index contributed by atoms with van der Waals surface area (Å²) in [5, 5.41) is 3.04. The van der Waals surface area contributed by atoms with E-state index in [2.05, 4.69) is 21.2 Å². The maximum atomic E-state index is 14.0. The number of hydrogen-bond donors (Lipinski definition) is 1. The maximum absolute atomic E-state index is 14.0. The summed E-state index contributed by atoms with van der Waals surface area (Å²) in [5.41, 5.74) is 0.0492. The topological polar surface area (TPSA) is 25.2 Å². The third-order valence-corrected chi connectivity index (χ3v) is 3.88. The van der Waals surface area contributed by atoms with Crippen molar-refractivity contribution in [3.63, 3.8) is 0 Å². The van der Waals surface area contributed by atoms with Crippen LogP contribution in [-0.4, -0.2) is 7.05 Å². The molecule has 1 unspecified atom stereocenters. The van der Waals surface area contributed by atoms with Gasteiger partial charge in [0.1, 0.15) is 23.2 Å². The van der Waals surface area contributed by atoms with Crippen molar-refractivity contribution >= 4 is 15.9 Å². The van der Waals surface area contributed by atoms with Gasteiger partial charge in [-0.2, -0.15) is 0 Å². The maximum Gasteiger partial charge on any atom is 0.143 e. The Morgan fingerprint density at radius 2 is 2.00 bits per heavy atom. The summed E-state index contributed by atoms with van der Waals surface area (Å²) in [7, 11) is 1.74. The van der Waals surface area contributed by atoms with Crippen LogP contribution in [0.25, 0.3) is 0 Å². The summed E-state index contributed by atoms with van der Waals surface area (Å²) in [5.74, 6) is 0.430. The van der Waals surface area contributed by atoms with E-state index in [4.69, 9.17) is 4.42 Å². The average Bonchev–Trinajstić information content (AvgIpc) is 2.92. The van der Waals surface area contributed by atoms with Crippen molar-refractivity contribution in [2.45, 2.75) is 25.8 Å². The zero-order chi connectivity index (χ0) is 14.7. The average molecular weight is 344 g/mol. The molecule has 1 atom stereocenters. The normalized spacial score (nSPS) is 12.7. The van der Waals surface area contributed by atoms with E-state index in [0.717, 1.165) is 12.2 Å². The lowest BCUT2D eigenvalue weighted by atomic mass is 10.0. The highest BCUT2D eigenvalue weighted by Crippen LogP contribution is 2.27. The SMILES string of the molecule is CCc1ccc(C(Cc2c(F)ccc(Br)c2F)NC)o1. The van der Waals surface area contributed by atoms with E-state index in [1.807, 2.05) is 19.1 Å². The van der Waals surface area contributed by atoms with Crippen molar-refractivity contribution in [2.75, 3.05) is 7.05 Å². The molecule has 1 N–H and O–H groups in total. The number of aryl methyl sites for hydroxylation is 1. The molecule has 2 aromatic rings. The number of nitrogens with one attached hydrogen (secondary N) is 1. The molecule has 1 aromatic heterocycles. The Kier molecular flexibility index (Phi) is 4.94. The Labute approximate surface area is 125 Å². The van der Waals surface area contributed by atoms with Crippen LogP contribution in [0.15, 0.2) is 33.2 Å². The van der Waals surface area contributed by atoms with E-state index in [0.29, 0.717) is 5.76 Å². The van der Waals surface area contributed by atoms with Gasteiger partial charge < -0.3 is 9.73 Å². The molecule has 1 heterocycles. The molecular weight excluding hydrogens is 328 g/mol. The molecule has 0 bridgehead atoms. The van der Waals surface area contributed by atoms with Gasteiger partial charge in [-0.05, 0) is 47.2 Å².